The van der Waals surface area contributed by atoms with Crippen molar-refractivity contribution in [3.63, 3.8) is 0 Å². The molecule has 0 radical (unpaired) electrons. The van der Waals surface area contributed by atoms with E-state index in [4.69, 9.17) is 24.7 Å². The fourth-order valence-electron chi connectivity index (χ4n) is 8.63. The predicted molar refractivity (Wildman–Crippen MR) is 146 cm³/mol. The fraction of sp³-hybridized carbons (Fsp3) is 0.677. The minimum Gasteiger partial charge on any atom is -0.460 e. The van der Waals surface area contributed by atoms with Crippen molar-refractivity contribution in [3.8, 4) is 0 Å². The first-order valence-electron chi connectivity index (χ1n) is 14.5. The largest absolute Gasteiger partial charge is 0.460 e. The summed E-state index contributed by atoms with van der Waals surface area (Å²) in [6, 6.07) is -1.28. The van der Waals surface area contributed by atoms with E-state index >= 15 is 4.39 Å². The molecule has 0 spiro atoms. The number of Topliss-reactive ketones (excluding diaryl/α,β-unsaturated/α-hetero) is 1. The Morgan fingerprint density at radius 2 is 1.95 bits per heavy atom. The van der Waals surface area contributed by atoms with Gasteiger partial charge in [-0.1, -0.05) is 31.2 Å². The molecule has 42 heavy (non-hydrogen) atoms. The number of hydrogen-bond donors (Lipinski definition) is 2. The molecule has 5 rings (SSSR count). The van der Waals surface area contributed by atoms with Crippen LogP contribution in [0, 0.1) is 22.7 Å². The summed E-state index contributed by atoms with van der Waals surface area (Å²) in [5.74, 6) is -4.67. The van der Waals surface area contributed by atoms with Crippen LogP contribution in [0.1, 0.15) is 59.8 Å². The number of halogens is 1. The molecule has 1 aliphatic heterocycles. The molecule has 0 aromatic carbocycles. The van der Waals surface area contributed by atoms with Gasteiger partial charge in [0.25, 0.3) is 0 Å². The van der Waals surface area contributed by atoms with Crippen molar-refractivity contribution in [1.29, 1.82) is 0 Å². The van der Waals surface area contributed by atoms with E-state index in [2.05, 4.69) is 6.58 Å². The van der Waals surface area contributed by atoms with E-state index in [0.717, 1.165) is 0 Å². The average molecular weight is 590 g/mol. The van der Waals surface area contributed by atoms with Gasteiger partial charge in [0, 0.05) is 16.7 Å². The Morgan fingerprint density at radius 3 is 2.64 bits per heavy atom. The van der Waals surface area contributed by atoms with Crippen molar-refractivity contribution in [2.24, 2.45) is 28.4 Å². The lowest BCUT2D eigenvalue weighted by Gasteiger charge is -2.62. The van der Waals surface area contributed by atoms with Crippen LogP contribution in [-0.4, -0.2) is 77.1 Å². The Kier molecular flexibility index (Phi) is 7.44. The van der Waals surface area contributed by atoms with Gasteiger partial charge < -0.3 is 29.8 Å². The quantitative estimate of drug-likeness (QED) is 0.319. The molecule has 0 bridgehead atoms. The molecule has 0 amide bonds. The number of hydrogen-bond acceptors (Lipinski definition) is 10. The number of ketones is 2. The molecule has 3 saturated carbocycles. The number of aliphatic hydroxyl groups is 1. The van der Waals surface area contributed by atoms with Crippen LogP contribution in [0.4, 0.5) is 4.39 Å². The van der Waals surface area contributed by atoms with Crippen molar-refractivity contribution < 1.29 is 47.6 Å². The summed E-state index contributed by atoms with van der Waals surface area (Å²) in [4.78, 5) is 50.6. The van der Waals surface area contributed by atoms with Crippen LogP contribution in [0.3, 0.4) is 0 Å². The highest BCUT2D eigenvalue weighted by Crippen LogP contribution is 2.72. The smallest absolute Gasteiger partial charge is 0.323 e. The second kappa shape index (κ2) is 10.2. The summed E-state index contributed by atoms with van der Waals surface area (Å²) in [7, 11) is 0. The number of carbonyl (C=O) groups is 4. The third-order valence-corrected chi connectivity index (χ3v) is 10.4. The monoisotopic (exact) mass is 589 g/mol. The number of aliphatic hydroxyl groups excluding tert-OH is 1. The summed E-state index contributed by atoms with van der Waals surface area (Å²) in [5, 5.41) is 11.6. The van der Waals surface area contributed by atoms with Crippen LogP contribution in [-0.2, 0) is 38.1 Å². The molecular formula is C31H40FNO9. The van der Waals surface area contributed by atoms with Gasteiger partial charge in [0.2, 0.25) is 5.78 Å². The van der Waals surface area contributed by atoms with Crippen molar-refractivity contribution in [1.82, 2.24) is 0 Å². The zero-order valence-corrected chi connectivity index (χ0v) is 24.5. The topological polar surface area (TPSA) is 151 Å². The Morgan fingerprint density at radius 1 is 1.24 bits per heavy atom. The summed E-state index contributed by atoms with van der Waals surface area (Å²) in [5.41, 5.74) is 0.453. The molecule has 10 nitrogen and oxygen atoms in total. The van der Waals surface area contributed by atoms with Crippen LogP contribution in [0.5, 0.6) is 0 Å². The first kappa shape index (κ1) is 30.7. The molecule has 1 saturated heterocycles. The third-order valence-electron chi connectivity index (χ3n) is 10.4. The standard InChI is InChI=1S/C31H40FNO9/c1-6-11-39-26(38)21(33)14-25(37)40-16-23(36)31-24(41-27(2,3)42-31)13-20-19-8-7-17-12-18(34)9-10-28(17,4)30(19,32)22(35)15-29(20,31)5/h6,9-10,12,19-22,24,35H,1,7-8,11,13-16,33H2,2-5H3/t19-,20-,21?,22-,24+,28-,29-,30-,31+/m0/s1. The van der Waals surface area contributed by atoms with Crippen molar-refractivity contribution in [3.05, 3.63) is 36.5 Å². The second-order valence-electron chi connectivity index (χ2n) is 13.2. The highest BCUT2D eigenvalue weighted by atomic mass is 19.1. The molecule has 4 fully saturated rings. The molecule has 1 heterocycles. The number of nitrogens with two attached hydrogens (primary N) is 1. The van der Waals surface area contributed by atoms with Crippen molar-refractivity contribution in [2.45, 2.75) is 95.1 Å². The summed E-state index contributed by atoms with van der Waals surface area (Å²) >= 11 is 0. The van der Waals surface area contributed by atoms with E-state index < -0.39 is 88.7 Å². The van der Waals surface area contributed by atoms with Gasteiger partial charge in [0.15, 0.2) is 29.4 Å². The van der Waals surface area contributed by atoms with Gasteiger partial charge in [-0.05, 0) is 64.5 Å². The van der Waals surface area contributed by atoms with E-state index in [-0.39, 0.29) is 18.8 Å². The first-order valence-corrected chi connectivity index (χ1v) is 14.5. The number of fused-ring (bicyclic) bond motifs is 7. The number of rotatable bonds is 8. The normalized spacial score (nSPS) is 41.9. The molecule has 0 aromatic rings. The van der Waals surface area contributed by atoms with Crippen LogP contribution < -0.4 is 5.73 Å². The number of esters is 2. The van der Waals surface area contributed by atoms with E-state index in [1.54, 1.807) is 26.8 Å². The third kappa shape index (κ3) is 4.26. The van der Waals surface area contributed by atoms with Crippen molar-refractivity contribution in [2.75, 3.05) is 13.2 Å². The van der Waals surface area contributed by atoms with Gasteiger partial charge >= 0.3 is 11.9 Å². The fourth-order valence-corrected chi connectivity index (χ4v) is 8.63. The lowest BCUT2D eigenvalue weighted by atomic mass is 9.44. The number of ether oxygens (including phenoxy) is 4. The minimum atomic E-state index is -2.08. The summed E-state index contributed by atoms with van der Waals surface area (Å²) < 4.78 is 40.3. The highest BCUT2D eigenvalue weighted by molar-refractivity contribution is 6.01. The van der Waals surface area contributed by atoms with Gasteiger partial charge in [0.05, 0.1) is 18.6 Å². The van der Waals surface area contributed by atoms with Gasteiger partial charge in [0.1, 0.15) is 12.6 Å². The number of allylic oxidation sites excluding steroid dienone is 4. The minimum absolute atomic E-state index is 0.0605. The Labute approximate surface area is 244 Å². The Balaban J connectivity index is 1.41. The van der Waals surface area contributed by atoms with Crippen LogP contribution in [0.15, 0.2) is 36.5 Å². The molecule has 5 aliphatic rings. The molecule has 0 aromatic heterocycles. The molecule has 4 aliphatic carbocycles. The van der Waals surface area contributed by atoms with Gasteiger partial charge in [-0.3, -0.25) is 19.2 Å². The maximum Gasteiger partial charge on any atom is 0.323 e. The lowest BCUT2D eigenvalue weighted by Crippen LogP contribution is -2.70. The molecule has 230 valence electrons. The highest BCUT2D eigenvalue weighted by Gasteiger charge is 2.80. The van der Waals surface area contributed by atoms with Crippen molar-refractivity contribution >= 4 is 23.5 Å². The Bertz CT molecular complexity index is 1280. The maximum atomic E-state index is 17.5. The maximum absolute atomic E-state index is 17.5. The lowest BCUT2D eigenvalue weighted by molar-refractivity contribution is -0.246. The zero-order valence-electron chi connectivity index (χ0n) is 24.5. The zero-order chi connectivity index (χ0) is 30.9. The second-order valence-corrected chi connectivity index (χ2v) is 13.2. The molecule has 11 heteroatoms. The molecule has 9 atom stereocenters. The van der Waals surface area contributed by atoms with Crippen LogP contribution in [0.2, 0.25) is 0 Å². The van der Waals surface area contributed by atoms with E-state index in [1.165, 1.54) is 18.2 Å². The van der Waals surface area contributed by atoms with E-state index in [1.807, 2.05) is 6.92 Å². The first-order chi connectivity index (χ1) is 19.6. The average Bonchev–Trinajstić information content (AvgIpc) is 3.32. The molecular weight excluding hydrogens is 549 g/mol. The van der Waals surface area contributed by atoms with E-state index in [9.17, 15) is 24.3 Å². The van der Waals surface area contributed by atoms with Gasteiger partial charge in [-0.15, -0.1) is 0 Å². The summed E-state index contributed by atoms with van der Waals surface area (Å²) in [6.07, 6.45) is 4.08. The molecule has 1 unspecified atom stereocenters. The van der Waals surface area contributed by atoms with Gasteiger partial charge in [-0.25, -0.2) is 4.39 Å². The number of carbonyl (C=O) groups excluding carboxylic acids is 4. The number of alkyl halides is 1. The van der Waals surface area contributed by atoms with Crippen LogP contribution in [0.25, 0.3) is 0 Å². The van der Waals surface area contributed by atoms with Gasteiger partial charge in [-0.2, -0.15) is 0 Å². The SMILES string of the molecule is C=CCOC(=O)C(N)CC(=O)OCC(=O)[C@@]12OC(C)(C)O[C@@H]1C[C@H]1[C@@H]3CCC4=CC(=O)C=C[C@]4(C)[C@@]3(F)[C@@H](O)C[C@@]12C. The van der Waals surface area contributed by atoms with Crippen LogP contribution >= 0.6 is 0 Å². The van der Waals surface area contributed by atoms with E-state index in [0.29, 0.717) is 24.8 Å². The Hall–Kier alpha value is -2.73. The summed E-state index contributed by atoms with van der Waals surface area (Å²) in [6.45, 7) is 9.61. The molecule has 3 N–H and O–H groups in total. The predicted octanol–water partition coefficient (Wildman–Crippen LogP) is 2.42.